The highest BCUT2D eigenvalue weighted by Crippen LogP contribution is 2.21. The second kappa shape index (κ2) is 6.59. The van der Waals surface area contributed by atoms with E-state index in [-0.39, 0.29) is 5.15 Å². The van der Waals surface area contributed by atoms with Gasteiger partial charge in [0.05, 0.1) is 18.2 Å². The number of nitrogens with zero attached hydrogens (tertiary/aromatic N) is 3. The smallest absolute Gasteiger partial charge is 0.157 e. The predicted molar refractivity (Wildman–Crippen MR) is 76.6 cm³/mol. The van der Waals surface area contributed by atoms with Crippen molar-refractivity contribution >= 4 is 23.1 Å². The number of nitrogen functional groups attached to an aromatic ring is 1. The quantitative estimate of drug-likeness (QED) is 0.646. The zero-order valence-electron chi connectivity index (χ0n) is 10.5. The van der Waals surface area contributed by atoms with Crippen LogP contribution in [0.1, 0.15) is 5.56 Å². The molecule has 0 aliphatic rings. The average Bonchev–Trinajstić information content (AvgIpc) is 2.48. The lowest BCUT2D eigenvalue weighted by Crippen LogP contribution is -2.13. The van der Waals surface area contributed by atoms with E-state index in [0.29, 0.717) is 36.0 Å². The lowest BCUT2D eigenvalue weighted by Gasteiger charge is -2.09. The third-order valence-electron chi connectivity index (χ3n) is 2.48. The number of nitrogens with one attached hydrogen (secondary N) is 1. The van der Waals surface area contributed by atoms with E-state index in [2.05, 4.69) is 15.3 Å². The van der Waals surface area contributed by atoms with E-state index in [4.69, 9.17) is 27.3 Å². The van der Waals surface area contributed by atoms with Crippen LogP contribution in [0, 0.1) is 11.3 Å². The molecule has 0 atom stereocenters. The van der Waals surface area contributed by atoms with Crippen LogP contribution < -0.4 is 15.8 Å². The molecule has 0 fully saturated rings. The monoisotopic (exact) mass is 289 g/mol. The number of hydrogen-bond acceptors (Lipinski definition) is 6. The molecule has 20 heavy (non-hydrogen) atoms. The molecule has 0 amide bonds. The van der Waals surface area contributed by atoms with Gasteiger partial charge in [0.15, 0.2) is 11.0 Å². The van der Waals surface area contributed by atoms with Crippen molar-refractivity contribution in [2.45, 2.75) is 0 Å². The number of halogens is 1. The Morgan fingerprint density at radius 3 is 2.75 bits per heavy atom. The van der Waals surface area contributed by atoms with Crippen LogP contribution in [0.5, 0.6) is 5.75 Å². The van der Waals surface area contributed by atoms with Crippen LogP contribution in [0.4, 0.5) is 11.5 Å². The minimum atomic E-state index is 0.218. The highest BCUT2D eigenvalue weighted by atomic mass is 35.5. The second-order valence-corrected chi connectivity index (χ2v) is 4.20. The van der Waals surface area contributed by atoms with E-state index in [1.165, 1.54) is 6.33 Å². The number of nitriles is 1. The fraction of sp³-hybridized carbons (Fsp3) is 0.154. The topological polar surface area (TPSA) is 96.8 Å². The van der Waals surface area contributed by atoms with Gasteiger partial charge >= 0.3 is 0 Å². The van der Waals surface area contributed by atoms with Crippen molar-refractivity contribution in [1.29, 1.82) is 5.26 Å². The maximum Gasteiger partial charge on any atom is 0.157 e. The van der Waals surface area contributed by atoms with E-state index < -0.39 is 0 Å². The molecular formula is C13H12ClN5O. The molecule has 1 aromatic heterocycles. The maximum atomic E-state index is 8.68. The molecule has 6 nitrogen and oxygen atoms in total. The lowest BCUT2D eigenvalue weighted by molar-refractivity contribution is 0.333. The van der Waals surface area contributed by atoms with Crippen LogP contribution in [0.3, 0.4) is 0 Å². The third-order valence-corrected chi connectivity index (χ3v) is 2.78. The first-order chi connectivity index (χ1) is 9.70. The van der Waals surface area contributed by atoms with Crippen molar-refractivity contribution in [2.75, 3.05) is 24.2 Å². The summed E-state index contributed by atoms with van der Waals surface area (Å²) >= 11 is 5.78. The van der Waals surface area contributed by atoms with Gasteiger partial charge < -0.3 is 15.8 Å². The van der Waals surface area contributed by atoms with Crippen LogP contribution in [-0.4, -0.2) is 23.1 Å². The van der Waals surface area contributed by atoms with Crippen molar-refractivity contribution in [3.05, 3.63) is 41.3 Å². The summed E-state index contributed by atoms with van der Waals surface area (Å²) in [7, 11) is 0. The molecule has 7 heteroatoms. The molecule has 1 heterocycles. The Morgan fingerprint density at radius 2 is 2.05 bits per heavy atom. The fourth-order valence-electron chi connectivity index (χ4n) is 1.48. The molecule has 102 valence electrons. The minimum absolute atomic E-state index is 0.218. The molecule has 0 aliphatic carbocycles. The summed E-state index contributed by atoms with van der Waals surface area (Å²) in [5.74, 6) is 1.17. The van der Waals surface area contributed by atoms with Crippen molar-refractivity contribution < 1.29 is 4.74 Å². The molecule has 2 aromatic rings. The summed E-state index contributed by atoms with van der Waals surface area (Å²) < 4.78 is 5.51. The average molecular weight is 290 g/mol. The molecule has 3 N–H and O–H groups in total. The first kappa shape index (κ1) is 13.9. The van der Waals surface area contributed by atoms with E-state index >= 15 is 0 Å². The first-order valence-electron chi connectivity index (χ1n) is 5.83. The zero-order valence-corrected chi connectivity index (χ0v) is 11.3. The molecule has 0 radical (unpaired) electrons. The summed E-state index contributed by atoms with van der Waals surface area (Å²) in [4.78, 5) is 7.75. The number of ether oxygens (including phenoxy) is 1. The van der Waals surface area contributed by atoms with Gasteiger partial charge in [-0.3, -0.25) is 0 Å². The number of aromatic nitrogens is 2. The minimum Gasteiger partial charge on any atom is -0.492 e. The van der Waals surface area contributed by atoms with E-state index in [1.807, 2.05) is 6.07 Å². The van der Waals surface area contributed by atoms with Gasteiger partial charge in [-0.05, 0) is 24.3 Å². The van der Waals surface area contributed by atoms with Gasteiger partial charge in [0, 0.05) is 0 Å². The van der Waals surface area contributed by atoms with Gasteiger partial charge in [0.25, 0.3) is 0 Å². The Labute approximate surface area is 121 Å². The molecule has 0 bridgehead atoms. The third kappa shape index (κ3) is 3.49. The Kier molecular flexibility index (Phi) is 4.58. The molecule has 2 rings (SSSR count). The zero-order chi connectivity index (χ0) is 14.4. The predicted octanol–water partition coefficient (Wildman–Crippen LogP) is 2.07. The second-order valence-electron chi connectivity index (χ2n) is 3.84. The molecule has 0 spiro atoms. The van der Waals surface area contributed by atoms with Crippen molar-refractivity contribution in [3.63, 3.8) is 0 Å². The van der Waals surface area contributed by atoms with Crippen LogP contribution in [-0.2, 0) is 0 Å². The Morgan fingerprint density at radius 1 is 1.30 bits per heavy atom. The summed E-state index contributed by atoms with van der Waals surface area (Å²) in [5.41, 5.74) is 6.63. The number of nitrogens with two attached hydrogens (primary N) is 1. The molecule has 1 aromatic carbocycles. The maximum absolute atomic E-state index is 8.68. The fourth-order valence-corrected chi connectivity index (χ4v) is 1.61. The highest BCUT2D eigenvalue weighted by Gasteiger charge is 2.04. The Bertz CT molecular complexity index is 624. The van der Waals surface area contributed by atoms with Gasteiger partial charge in [0.1, 0.15) is 24.4 Å². The van der Waals surface area contributed by atoms with Gasteiger partial charge in [-0.15, -0.1) is 0 Å². The van der Waals surface area contributed by atoms with Crippen LogP contribution in [0.15, 0.2) is 30.6 Å². The molecule has 0 unspecified atom stereocenters. The van der Waals surface area contributed by atoms with E-state index in [0.717, 1.165) is 0 Å². The largest absolute Gasteiger partial charge is 0.492 e. The van der Waals surface area contributed by atoms with Crippen molar-refractivity contribution in [2.24, 2.45) is 0 Å². The first-order valence-corrected chi connectivity index (χ1v) is 6.21. The van der Waals surface area contributed by atoms with E-state index in [1.54, 1.807) is 24.3 Å². The summed E-state index contributed by atoms with van der Waals surface area (Å²) in [5, 5.41) is 11.9. The van der Waals surface area contributed by atoms with Gasteiger partial charge in [-0.25, -0.2) is 9.97 Å². The highest BCUT2D eigenvalue weighted by molar-refractivity contribution is 6.32. The SMILES string of the molecule is N#Cc1ccc(OCCNc2ncnc(Cl)c2N)cc1. The summed E-state index contributed by atoms with van der Waals surface area (Å²) in [6.45, 7) is 0.935. The van der Waals surface area contributed by atoms with Gasteiger partial charge in [-0.1, -0.05) is 11.6 Å². The lowest BCUT2D eigenvalue weighted by atomic mass is 10.2. The number of anilines is 2. The summed E-state index contributed by atoms with van der Waals surface area (Å²) in [6.07, 6.45) is 1.34. The van der Waals surface area contributed by atoms with Crippen LogP contribution in [0.25, 0.3) is 0 Å². The van der Waals surface area contributed by atoms with Gasteiger partial charge in [0.2, 0.25) is 0 Å². The summed E-state index contributed by atoms with van der Waals surface area (Å²) in [6, 6.07) is 8.93. The molecule has 0 aliphatic heterocycles. The number of benzene rings is 1. The van der Waals surface area contributed by atoms with Crippen molar-refractivity contribution in [1.82, 2.24) is 9.97 Å². The normalized spacial score (nSPS) is 9.80. The van der Waals surface area contributed by atoms with E-state index in [9.17, 15) is 0 Å². The Balaban J connectivity index is 1.81. The van der Waals surface area contributed by atoms with Gasteiger partial charge in [-0.2, -0.15) is 5.26 Å². The number of hydrogen-bond donors (Lipinski definition) is 2. The molecular weight excluding hydrogens is 278 g/mol. The number of rotatable bonds is 5. The Hall–Kier alpha value is -2.52. The standard InChI is InChI=1S/C13H12ClN5O/c14-12-11(16)13(19-8-18-12)17-5-6-20-10-3-1-9(7-15)2-4-10/h1-4,8H,5-6,16H2,(H,17,18,19). The van der Waals surface area contributed by atoms with Crippen LogP contribution >= 0.6 is 11.6 Å². The van der Waals surface area contributed by atoms with Crippen molar-refractivity contribution in [3.8, 4) is 11.8 Å². The molecule has 0 saturated carbocycles. The molecule has 0 saturated heterocycles. The van der Waals surface area contributed by atoms with Crippen LogP contribution in [0.2, 0.25) is 5.15 Å².